The molecule has 0 aromatic carbocycles. The predicted octanol–water partition coefficient (Wildman–Crippen LogP) is 3.14. The largest absolute Gasteiger partial charge is 0.468 e. The molecule has 19 heavy (non-hydrogen) atoms. The van der Waals surface area contributed by atoms with Crippen molar-refractivity contribution in [3.8, 4) is 0 Å². The van der Waals surface area contributed by atoms with E-state index in [9.17, 15) is 4.79 Å². The minimum atomic E-state index is -0.237. The van der Waals surface area contributed by atoms with Crippen molar-refractivity contribution >= 4 is 39.3 Å². The molecule has 2 rings (SSSR count). The molecule has 0 radical (unpaired) electrons. The normalized spacial score (nSPS) is 10.9. The molecule has 0 unspecified atom stereocenters. The lowest BCUT2D eigenvalue weighted by molar-refractivity contribution is -0.137. The lowest BCUT2D eigenvalue weighted by Crippen LogP contribution is -2.04. The molecule has 0 saturated carbocycles. The highest BCUT2D eigenvalue weighted by Gasteiger charge is 2.15. The maximum atomic E-state index is 11.3. The Morgan fingerprint density at radius 3 is 2.74 bits per heavy atom. The first kappa shape index (κ1) is 14.3. The van der Waals surface area contributed by atoms with Gasteiger partial charge in [-0.3, -0.25) is 4.79 Å². The summed E-state index contributed by atoms with van der Waals surface area (Å²) in [7, 11) is 1.40. The number of methoxy groups -OCH3 is 1. The van der Waals surface area contributed by atoms with Gasteiger partial charge in [0.05, 0.1) is 12.9 Å². The summed E-state index contributed by atoms with van der Waals surface area (Å²) in [5, 5.41) is 1.96. The summed E-state index contributed by atoms with van der Waals surface area (Å²) in [6.07, 6.45) is 0.789. The minimum absolute atomic E-state index is 0.237. The van der Waals surface area contributed by atoms with Gasteiger partial charge in [-0.2, -0.15) is 0 Å². The molecule has 0 spiro atoms. The van der Waals surface area contributed by atoms with Crippen LogP contribution in [0.1, 0.15) is 23.2 Å². The van der Waals surface area contributed by atoms with Crippen LogP contribution in [0, 0.1) is 13.8 Å². The molecule has 2 aromatic rings. The monoisotopic (exact) mass is 296 g/mol. The average molecular weight is 296 g/mol. The van der Waals surface area contributed by atoms with Crippen molar-refractivity contribution in [2.75, 3.05) is 12.9 Å². The molecular weight excluding hydrogens is 280 g/mol. The number of aromatic nitrogens is 2. The number of carbonyl (C=O) groups excluding carboxylic acids is 1. The van der Waals surface area contributed by atoms with Crippen LogP contribution in [0.25, 0.3) is 10.2 Å². The molecule has 0 bridgehead atoms. The maximum Gasteiger partial charge on any atom is 0.316 e. The summed E-state index contributed by atoms with van der Waals surface area (Å²) in [6, 6.07) is 0. The highest BCUT2D eigenvalue weighted by molar-refractivity contribution is 8.00. The van der Waals surface area contributed by atoms with E-state index in [4.69, 9.17) is 0 Å². The SMILES string of the molecule is CCc1nc(SCC(=O)OC)c2c(C)c(C)sc2n1. The third kappa shape index (κ3) is 2.90. The fourth-order valence-corrected chi connectivity index (χ4v) is 3.75. The molecular formula is C13H16N2O2S2. The number of rotatable bonds is 4. The van der Waals surface area contributed by atoms with E-state index in [0.29, 0.717) is 0 Å². The van der Waals surface area contributed by atoms with E-state index in [1.807, 2.05) is 6.92 Å². The van der Waals surface area contributed by atoms with Crippen molar-refractivity contribution in [1.82, 2.24) is 9.97 Å². The number of thiophene rings is 1. The van der Waals surface area contributed by atoms with Gasteiger partial charge in [0.25, 0.3) is 0 Å². The van der Waals surface area contributed by atoms with Crippen LogP contribution >= 0.6 is 23.1 Å². The molecule has 0 amide bonds. The molecule has 102 valence electrons. The summed E-state index contributed by atoms with van der Waals surface area (Å²) in [5.74, 6) is 0.862. The van der Waals surface area contributed by atoms with E-state index >= 15 is 0 Å². The molecule has 0 atom stereocenters. The van der Waals surface area contributed by atoms with Gasteiger partial charge in [0.2, 0.25) is 0 Å². The minimum Gasteiger partial charge on any atom is -0.468 e. The summed E-state index contributed by atoms with van der Waals surface area (Å²) >= 11 is 3.10. The van der Waals surface area contributed by atoms with E-state index in [0.717, 1.165) is 27.5 Å². The summed E-state index contributed by atoms with van der Waals surface area (Å²) in [5.41, 5.74) is 1.20. The smallest absolute Gasteiger partial charge is 0.316 e. The number of aryl methyl sites for hydroxylation is 3. The molecule has 2 heterocycles. The number of carbonyl (C=O) groups is 1. The summed E-state index contributed by atoms with van der Waals surface area (Å²) in [6.45, 7) is 6.19. The third-order valence-electron chi connectivity index (χ3n) is 2.91. The van der Waals surface area contributed by atoms with Gasteiger partial charge in [0.1, 0.15) is 15.7 Å². The van der Waals surface area contributed by atoms with Gasteiger partial charge >= 0.3 is 5.97 Å². The molecule has 2 aromatic heterocycles. The number of fused-ring (bicyclic) bond motifs is 1. The lowest BCUT2D eigenvalue weighted by atomic mass is 10.2. The molecule has 0 aliphatic rings. The fourth-order valence-electron chi connectivity index (χ4n) is 1.70. The maximum absolute atomic E-state index is 11.3. The average Bonchev–Trinajstić information content (AvgIpc) is 2.70. The van der Waals surface area contributed by atoms with Crippen LogP contribution in [0.5, 0.6) is 0 Å². The second kappa shape index (κ2) is 5.88. The Morgan fingerprint density at radius 2 is 2.11 bits per heavy atom. The zero-order valence-corrected chi connectivity index (χ0v) is 13.1. The van der Waals surface area contributed by atoms with Gasteiger partial charge < -0.3 is 4.74 Å². The Hall–Kier alpha value is -1.14. The van der Waals surface area contributed by atoms with Gasteiger partial charge in [-0.25, -0.2) is 9.97 Å². The number of hydrogen-bond donors (Lipinski definition) is 0. The highest BCUT2D eigenvalue weighted by atomic mass is 32.2. The zero-order chi connectivity index (χ0) is 14.0. The molecule has 6 heteroatoms. The quantitative estimate of drug-likeness (QED) is 0.493. The first-order valence-corrected chi connectivity index (χ1v) is 7.83. The van der Waals surface area contributed by atoms with E-state index in [2.05, 4.69) is 28.6 Å². The Kier molecular flexibility index (Phi) is 4.42. The zero-order valence-electron chi connectivity index (χ0n) is 11.4. The van der Waals surface area contributed by atoms with Crippen molar-refractivity contribution in [2.45, 2.75) is 32.2 Å². The molecule has 0 fully saturated rings. The topological polar surface area (TPSA) is 52.1 Å². The number of esters is 1. The molecule has 0 saturated heterocycles. The van der Waals surface area contributed by atoms with Gasteiger partial charge in [-0.1, -0.05) is 18.7 Å². The van der Waals surface area contributed by atoms with Crippen molar-refractivity contribution in [3.63, 3.8) is 0 Å². The lowest BCUT2D eigenvalue weighted by Gasteiger charge is -2.05. The van der Waals surface area contributed by atoms with Crippen molar-refractivity contribution in [2.24, 2.45) is 0 Å². The van der Waals surface area contributed by atoms with Crippen LogP contribution < -0.4 is 0 Å². The predicted molar refractivity (Wildman–Crippen MR) is 79.0 cm³/mol. The summed E-state index contributed by atoms with van der Waals surface area (Å²) in [4.78, 5) is 22.6. The van der Waals surface area contributed by atoms with Crippen LogP contribution in [0.15, 0.2) is 5.03 Å². The van der Waals surface area contributed by atoms with Crippen molar-refractivity contribution in [3.05, 3.63) is 16.3 Å². The first-order chi connectivity index (χ1) is 9.06. The van der Waals surface area contributed by atoms with Gasteiger partial charge in [0.15, 0.2) is 0 Å². The molecule has 4 nitrogen and oxygen atoms in total. The van der Waals surface area contributed by atoms with E-state index in [1.54, 1.807) is 11.3 Å². The molecule has 0 aliphatic heterocycles. The molecule has 0 N–H and O–H groups in total. The van der Waals surface area contributed by atoms with E-state index in [-0.39, 0.29) is 11.7 Å². The number of thioether (sulfide) groups is 1. The second-order valence-corrected chi connectivity index (χ2v) is 6.29. The number of ether oxygens (including phenoxy) is 1. The van der Waals surface area contributed by atoms with Crippen LogP contribution in [0.2, 0.25) is 0 Å². The summed E-state index contributed by atoms with van der Waals surface area (Å²) < 4.78 is 4.68. The van der Waals surface area contributed by atoms with Gasteiger partial charge in [-0.05, 0) is 19.4 Å². The Balaban J connectivity index is 2.47. The van der Waals surface area contributed by atoms with Crippen LogP contribution in [0.3, 0.4) is 0 Å². The Labute approximate surface area is 120 Å². The van der Waals surface area contributed by atoms with Crippen LogP contribution in [-0.2, 0) is 16.0 Å². The van der Waals surface area contributed by atoms with Crippen LogP contribution in [0.4, 0.5) is 0 Å². The Bertz CT molecular complexity index is 623. The molecule has 0 aliphatic carbocycles. The Morgan fingerprint density at radius 1 is 1.37 bits per heavy atom. The van der Waals surface area contributed by atoms with Crippen molar-refractivity contribution in [1.29, 1.82) is 0 Å². The third-order valence-corrected chi connectivity index (χ3v) is 4.96. The standard InChI is InChI=1S/C13H16N2O2S2/c1-5-9-14-12(18-6-10(16)17-4)11-7(2)8(3)19-13(11)15-9/h5-6H2,1-4H3. The van der Waals surface area contributed by atoms with E-state index < -0.39 is 0 Å². The van der Waals surface area contributed by atoms with Crippen molar-refractivity contribution < 1.29 is 9.53 Å². The fraction of sp³-hybridized carbons (Fsp3) is 0.462. The van der Waals surface area contributed by atoms with Gasteiger partial charge in [0, 0.05) is 16.7 Å². The second-order valence-electron chi connectivity index (χ2n) is 4.13. The van der Waals surface area contributed by atoms with Gasteiger partial charge in [-0.15, -0.1) is 11.3 Å². The number of nitrogens with zero attached hydrogens (tertiary/aromatic N) is 2. The highest BCUT2D eigenvalue weighted by Crippen LogP contribution is 2.35. The van der Waals surface area contributed by atoms with Crippen LogP contribution in [-0.4, -0.2) is 28.8 Å². The number of hydrogen-bond acceptors (Lipinski definition) is 6. The van der Waals surface area contributed by atoms with E-state index in [1.165, 1.54) is 29.3 Å². The first-order valence-electron chi connectivity index (χ1n) is 6.03.